The molecule has 3 N–H and O–H groups in total. The molecule has 0 heterocycles. The standard InChI is InChI=1S/C68H128O17P2/c1-8-10-11-12-13-14-15-16-17-18-19-23-26-35-42-49-65(70)78-55-63(84-67(72)51-44-37-27-24-21-20-22-25-34-41-48-61(7)9-2)57-82-86(74,75)80-53-62(69)54-81-87(76,77)83-58-64(85-68(73)52-45-38-31-29-33-40-47-60(5)6)56-79-66(71)50-43-36-30-28-32-39-46-59(3)4/h14-17,59-64,69H,8-13,18-58H2,1-7H3,(H,74,75)(H,76,77)/b15-14-,17-16-/t61?,62-,63-,64-/m1/s1. The molecular formula is C68H128O17P2. The van der Waals surface area contributed by atoms with Crippen LogP contribution >= 0.6 is 15.6 Å². The Morgan fingerprint density at radius 2 is 0.678 bits per heavy atom. The van der Waals surface area contributed by atoms with E-state index in [9.17, 15) is 43.2 Å². The molecule has 0 saturated carbocycles. The molecule has 512 valence electrons. The molecule has 17 nitrogen and oxygen atoms in total. The van der Waals surface area contributed by atoms with Crippen LogP contribution in [0.4, 0.5) is 0 Å². The zero-order valence-corrected chi connectivity index (χ0v) is 57.7. The topological polar surface area (TPSA) is 237 Å². The van der Waals surface area contributed by atoms with Crippen molar-refractivity contribution in [3.63, 3.8) is 0 Å². The molecule has 3 unspecified atom stereocenters. The smallest absolute Gasteiger partial charge is 0.462 e. The summed E-state index contributed by atoms with van der Waals surface area (Å²) in [5.41, 5.74) is 0. The van der Waals surface area contributed by atoms with Crippen molar-refractivity contribution in [2.24, 2.45) is 17.8 Å². The average Bonchev–Trinajstić information content (AvgIpc) is 3.67. The maximum Gasteiger partial charge on any atom is 0.472 e. The normalized spacial score (nSPS) is 14.8. The Kier molecular flexibility index (Phi) is 57.0. The molecule has 0 saturated heterocycles. The monoisotopic (exact) mass is 1280 g/mol. The highest BCUT2D eigenvalue weighted by Crippen LogP contribution is 2.45. The van der Waals surface area contributed by atoms with Gasteiger partial charge in [-0.15, -0.1) is 0 Å². The summed E-state index contributed by atoms with van der Waals surface area (Å²) in [6.07, 6.45) is 44.2. The van der Waals surface area contributed by atoms with Gasteiger partial charge < -0.3 is 33.8 Å². The quantitative estimate of drug-likeness (QED) is 0.0169. The minimum absolute atomic E-state index is 0.0983. The van der Waals surface area contributed by atoms with E-state index >= 15 is 0 Å². The van der Waals surface area contributed by atoms with E-state index in [1.54, 1.807) is 0 Å². The second-order valence-corrected chi connectivity index (χ2v) is 28.0. The van der Waals surface area contributed by atoms with Crippen LogP contribution in [-0.2, 0) is 65.4 Å². The van der Waals surface area contributed by atoms with Crippen LogP contribution in [0.1, 0.15) is 312 Å². The van der Waals surface area contributed by atoms with Crippen molar-refractivity contribution in [2.45, 2.75) is 330 Å². The second kappa shape index (κ2) is 58.6. The van der Waals surface area contributed by atoms with Crippen molar-refractivity contribution in [3.05, 3.63) is 24.3 Å². The number of carbonyl (C=O) groups excluding carboxylic acids is 4. The summed E-state index contributed by atoms with van der Waals surface area (Å²) in [6, 6.07) is 0. The van der Waals surface area contributed by atoms with E-state index in [1.807, 2.05) is 0 Å². The molecular weight excluding hydrogens is 1150 g/mol. The van der Waals surface area contributed by atoms with Gasteiger partial charge in [-0.1, -0.05) is 259 Å². The van der Waals surface area contributed by atoms with Crippen molar-refractivity contribution < 1.29 is 80.2 Å². The Labute approximate surface area is 529 Å². The zero-order valence-electron chi connectivity index (χ0n) is 56.0. The number of rotatable bonds is 64. The number of aliphatic hydroxyl groups excluding tert-OH is 1. The molecule has 0 aromatic rings. The number of hydrogen-bond donors (Lipinski definition) is 3. The summed E-state index contributed by atoms with van der Waals surface area (Å²) in [6.45, 7) is 11.6. The maximum atomic E-state index is 13.0. The third-order valence-electron chi connectivity index (χ3n) is 15.4. The minimum Gasteiger partial charge on any atom is -0.462 e. The predicted octanol–water partition coefficient (Wildman–Crippen LogP) is 18.6. The van der Waals surface area contributed by atoms with Crippen LogP contribution in [0.2, 0.25) is 0 Å². The highest BCUT2D eigenvalue weighted by atomic mass is 31.2. The van der Waals surface area contributed by atoms with E-state index in [0.717, 1.165) is 121 Å². The second-order valence-electron chi connectivity index (χ2n) is 25.1. The summed E-state index contributed by atoms with van der Waals surface area (Å²) < 4.78 is 68.1. The molecule has 0 aromatic carbocycles. The number of unbranched alkanes of at least 4 members (excludes halogenated alkanes) is 28. The molecule has 0 aliphatic rings. The Hall–Kier alpha value is -2.46. The number of allylic oxidation sites excluding steroid dienone is 4. The van der Waals surface area contributed by atoms with E-state index in [0.29, 0.717) is 37.5 Å². The van der Waals surface area contributed by atoms with Crippen LogP contribution < -0.4 is 0 Å². The molecule has 0 fully saturated rings. The molecule has 0 radical (unpaired) electrons. The first kappa shape index (κ1) is 84.5. The predicted molar refractivity (Wildman–Crippen MR) is 349 cm³/mol. The zero-order chi connectivity index (χ0) is 64.5. The van der Waals surface area contributed by atoms with E-state index in [4.69, 9.17) is 37.0 Å². The highest BCUT2D eigenvalue weighted by molar-refractivity contribution is 7.47. The third kappa shape index (κ3) is 60.9. The molecule has 19 heteroatoms. The van der Waals surface area contributed by atoms with Crippen LogP contribution in [-0.4, -0.2) is 96.7 Å². The lowest BCUT2D eigenvalue weighted by Crippen LogP contribution is -2.30. The Balaban J connectivity index is 5.27. The number of esters is 4. The van der Waals surface area contributed by atoms with Crippen LogP contribution in [0.15, 0.2) is 24.3 Å². The summed E-state index contributed by atoms with van der Waals surface area (Å²) in [5.74, 6) is -0.0209. The third-order valence-corrected chi connectivity index (χ3v) is 17.3. The van der Waals surface area contributed by atoms with Crippen molar-refractivity contribution >= 4 is 39.5 Å². The van der Waals surface area contributed by atoms with Crippen LogP contribution in [0, 0.1) is 17.8 Å². The van der Waals surface area contributed by atoms with Crippen LogP contribution in [0.5, 0.6) is 0 Å². The van der Waals surface area contributed by atoms with Gasteiger partial charge in [-0.25, -0.2) is 9.13 Å². The lowest BCUT2D eigenvalue weighted by atomic mass is 9.99. The minimum atomic E-state index is -4.96. The highest BCUT2D eigenvalue weighted by Gasteiger charge is 2.30. The summed E-state index contributed by atoms with van der Waals surface area (Å²) >= 11 is 0. The van der Waals surface area contributed by atoms with Crippen molar-refractivity contribution in [1.29, 1.82) is 0 Å². The Morgan fingerprint density at radius 1 is 0.379 bits per heavy atom. The van der Waals surface area contributed by atoms with E-state index in [-0.39, 0.29) is 25.7 Å². The fraction of sp³-hybridized carbons (Fsp3) is 0.882. The maximum absolute atomic E-state index is 13.0. The van der Waals surface area contributed by atoms with E-state index < -0.39 is 97.5 Å². The number of hydrogen-bond acceptors (Lipinski definition) is 15. The Morgan fingerprint density at radius 3 is 1.02 bits per heavy atom. The number of aliphatic hydroxyl groups is 1. The number of ether oxygens (including phenoxy) is 4. The molecule has 0 aliphatic carbocycles. The average molecular weight is 1280 g/mol. The van der Waals surface area contributed by atoms with Crippen molar-refractivity contribution in [3.8, 4) is 0 Å². The van der Waals surface area contributed by atoms with Gasteiger partial charge in [0.1, 0.15) is 19.3 Å². The van der Waals surface area contributed by atoms with Crippen LogP contribution in [0.3, 0.4) is 0 Å². The summed E-state index contributed by atoms with van der Waals surface area (Å²) in [7, 11) is -9.91. The van der Waals surface area contributed by atoms with Gasteiger partial charge in [0.05, 0.1) is 26.4 Å². The molecule has 87 heavy (non-hydrogen) atoms. The number of phosphoric ester groups is 2. The molecule has 0 aromatic heterocycles. The largest absolute Gasteiger partial charge is 0.472 e. The van der Waals surface area contributed by atoms with Gasteiger partial charge in [0, 0.05) is 25.7 Å². The fourth-order valence-electron chi connectivity index (χ4n) is 9.61. The first-order valence-electron chi connectivity index (χ1n) is 34.7. The molecule has 0 spiro atoms. The summed E-state index contributed by atoms with van der Waals surface area (Å²) in [4.78, 5) is 72.3. The molecule has 0 amide bonds. The van der Waals surface area contributed by atoms with Crippen molar-refractivity contribution in [2.75, 3.05) is 39.6 Å². The van der Waals surface area contributed by atoms with E-state index in [1.165, 1.54) is 96.3 Å². The van der Waals surface area contributed by atoms with Gasteiger partial charge in [0.25, 0.3) is 0 Å². The molecule has 0 bridgehead atoms. The molecule has 6 atom stereocenters. The van der Waals surface area contributed by atoms with Gasteiger partial charge >= 0.3 is 39.5 Å². The number of carbonyl (C=O) groups is 4. The molecule has 0 rings (SSSR count). The van der Waals surface area contributed by atoms with Gasteiger partial charge in [0.15, 0.2) is 12.2 Å². The lowest BCUT2D eigenvalue weighted by molar-refractivity contribution is -0.161. The van der Waals surface area contributed by atoms with Gasteiger partial charge in [-0.2, -0.15) is 0 Å². The Bertz CT molecular complexity index is 1810. The lowest BCUT2D eigenvalue weighted by Gasteiger charge is -2.21. The number of phosphoric acid groups is 2. The first-order valence-corrected chi connectivity index (χ1v) is 37.7. The van der Waals surface area contributed by atoms with Crippen LogP contribution in [0.25, 0.3) is 0 Å². The summed E-state index contributed by atoms with van der Waals surface area (Å²) in [5, 5.41) is 10.6. The first-order chi connectivity index (χ1) is 41.8. The SMILES string of the molecule is CCCCCC/C=C\C=C/CCCCCCCC(=O)OC[C@H](COP(=O)(O)OC[C@@H](O)COP(=O)(O)OC[C@@H](COC(=O)CCCCCCCCC(C)C)OC(=O)CCCCCCCCC(C)C)OC(=O)CCCCCCCCCCCCC(C)CC. The van der Waals surface area contributed by atoms with Gasteiger partial charge in [-0.05, 0) is 69.1 Å². The van der Waals surface area contributed by atoms with Gasteiger partial charge in [-0.3, -0.25) is 37.3 Å². The van der Waals surface area contributed by atoms with Crippen molar-refractivity contribution in [1.82, 2.24) is 0 Å². The van der Waals surface area contributed by atoms with E-state index in [2.05, 4.69) is 72.8 Å². The van der Waals surface area contributed by atoms with Gasteiger partial charge in [0.2, 0.25) is 0 Å². The molecule has 0 aliphatic heterocycles. The fourth-order valence-corrected chi connectivity index (χ4v) is 11.2.